The Morgan fingerprint density at radius 1 is 1.28 bits per heavy atom. The number of unbranched alkanes of at least 4 members (excludes halogenated alkanes) is 3. The Morgan fingerprint density at radius 2 is 2.03 bits per heavy atom. The number of benzene rings is 1. The number of carbonyl (C=O) groups is 3. The molecule has 3 rings (SSSR count). The lowest BCUT2D eigenvalue weighted by atomic mass is 10.1. The Bertz CT molecular complexity index is 1080. The van der Waals surface area contributed by atoms with Crippen LogP contribution in [0.15, 0.2) is 22.6 Å². The number of carbonyl (C=O) groups excluding carboxylic acids is 3. The van der Waals surface area contributed by atoms with Crippen LogP contribution in [0, 0.1) is 0 Å². The zero-order chi connectivity index (χ0) is 26.5. The fraction of sp³-hybridized carbons (Fsp3) is 0.600. The van der Waals surface area contributed by atoms with E-state index >= 15 is 0 Å². The van der Waals surface area contributed by atoms with E-state index in [0.717, 1.165) is 25.7 Å². The van der Waals surface area contributed by atoms with Crippen molar-refractivity contribution >= 4 is 40.6 Å². The number of hydrogen-bond acceptors (Lipinski definition) is 7. The number of ether oxygens (including phenoxy) is 2. The molecule has 1 aromatic carbocycles. The van der Waals surface area contributed by atoms with Gasteiger partial charge in [0.1, 0.15) is 29.3 Å². The first kappa shape index (κ1) is 27.6. The number of halogens is 1. The third kappa shape index (κ3) is 7.49. The Balaban J connectivity index is 1.73. The maximum atomic E-state index is 13.5. The number of oxazole rings is 1. The lowest BCUT2D eigenvalue weighted by Gasteiger charge is -2.28. The molecule has 0 aliphatic carbocycles. The van der Waals surface area contributed by atoms with Crippen molar-refractivity contribution in [2.75, 3.05) is 6.54 Å². The van der Waals surface area contributed by atoms with Gasteiger partial charge in [-0.15, -0.1) is 0 Å². The third-order valence-electron chi connectivity index (χ3n) is 5.81. The van der Waals surface area contributed by atoms with E-state index in [-0.39, 0.29) is 19.0 Å². The van der Waals surface area contributed by atoms with Gasteiger partial charge in [-0.1, -0.05) is 44.2 Å². The number of primary amides is 1. The fourth-order valence-corrected chi connectivity index (χ4v) is 4.31. The summed E-state index contributed by atoms with van der Waals surface area (Å²) in [5, 5.41) is 3.18. The number of nitrogens with one attached hydrogen (secondary N) is 1. The summed E-state index contributed by atoms with van der Waals surface area (Å²) in [7, 11) is 0. The molecule has 1 saturated heterocycles. The molecule has 0 bridgehead atoms. The van der Waals surface area contributed by atoms with Crippen molar-refractivity contribution < 1.29 is 28.3 Å². The highest BCUT2D eigenvalue weighted by atomic mass is 35.5. The SMILES string of the molecule is CCCCCC[C@H](NC(=O)OC(C)(C)C)C(=O)N1C[C@H](Oc2nc3ccc(Cl)cc3o2)C[C@H]1C(N)=O. The molecule has 2 aromatic rings. The maximum Gasteiger partial charge on any atom is 0.408 e. The molecule has 3 amide bonds. The number of nitrogens with zero attached hydrogens (tertiary/aromatic N) is 2. The summed E-state index contributed by atoms with van der Waals surface area (Å²) >= 11 is 6.00. The number of aromatic nitrogens is 1. The van der Waals surface area contributed by atoms with Gasteiger partial charge in [0.05, 0.1) is 6.54 Å². The van der Waals surface area contributed by atoms with Gasteiger partial charge in [-0.2, -0.15) is 4.98 Å². The van der Waals surface area contributed by atoms with Gasteiger partial charge in [-0.3, -0.25) is 9.59 Å². The molecule has 1 aliphatic rings. The highest BCUT2D eigenvalue weighted by molar-refractivity contribution is 6.31. The van der Waals surface area contributed by atoms with Crippen LogP contribution in [-0.4, -0.2) is 58.1 Å². The Kier molecular flexibility index (Phi) is 9.05. The maximum absolute atomic E-state index is 13.5. The van der Waals surface area contributed by atoms with Crippen LogP contribution in [-0.2, 0) is 14.3 Å². The molecule has 36 heavy (non-hydrogen) atoms. The summed E-state index contributed by atoms with van der Waals surface area (Å²) in [4.78, 5) is 43.9. The lowest BCUT2D eigenvalue weighted by Crippen LogP contribution is -2.53. The second-order valence-electron chi connectivity index (χ2n) is 10.0. The van der Waals surface area contributed by atoms with Crippen LogP contribution in [0.3, 0.4) is 0 Å². The second-order valence-corrected chi connectivity index (χ2v) is 10.5. The molecule has 2 heterocycles. The number of rotatable bonds is 10. The van der Waals surface area contributed by atoms with Gasteiger partial charge in [-0.05, 0) is 39.3 Å². The number of amides is 3. The largest absolute Gasteiger partial charge is 0.445 e. The van der Waals surface area contributed by atoms with E-state index in [1.165, 1.54) is 4.90 Å². The van der Waals surface area contributed by atoms with Crippen LogP contribution in [0.25, 0.3) is 11.1 Å². The first-order valence-corrected chi connectivity index (χ1v) is 12.7. The molecule has 3 atom stereocenters. The minimum atomic E-state index is -0.889. The van der Waals surface area contributed by atoms with Crippen LogP contribution >= 0.6 is 11.6 Å². The van der Waals surface area contributed by atoms with Crippen LogP contribution < -0.4 is 15.8 Å². The quantitative estimate of drug-likeness (QED) is 0.446. The van der Waals surface area contributed by atoms with Gasteiger partial charge in [0.2, 0.25) is 11.8 Å². The van der Waals surface area contributed by atoms with Crippen LogP contribution in [0.1, 0.15) is 66.2 Å². The highest BCUT2D eigenvalue weighted by Crippen LogP contribution is 2.28. The van der Waals surface area contributed by atoms with Crippen molar-refractivity contribution in [3.05, 3.63) is 23.2 Å². The summed E-state index contributed by atoms with van der Waals surface area (Å²) in [6, 6.07) is 3.27. The highest BCUT2D eigenvalue weighted by Gasteiger charge is 2.42. The molecule has 11 heteroatoms. The van der Waals surface area contributed by atoms with Crippen LogP contribution in [0.5, 0.6) is 6.08 Å². The molecule has 0 radical (unpaired) electrons. The van der Waals surface area contributed by atoms with E-state index in [1.54, 1.807) is 39.0 Å². The van der Waals surface area contributed by atoms with Crippen LogP contribution in [0.2, 0.25) is 5.02 Å². The number of hydrogen-bond donors (Lipinski definition) is 2. The second kappa shape index (κ2) is 11.8. The Morgan fingerprint density at radius 3 is 2.69 bits per heavy atom. The lowest BCUT2D eigenvalue weighted by molar-refractivity contribution is -0.139. The van der Waals surface area contributed by atoms with E-state index in [0.29, 0.717) is 22.5 Å². The van der Waals surface area contributed by atoms with Gasteiger partial charge in [0.15, 0.2) is 5.58 Å². The first-order chi connectivity index (χ1) is 17.0. The van der Waals surface area contributed by atoms with Crippen molar-refractivity contribution in [1.29, 1.82) is 0 Å². The van der Waals surface area contributed by atoms with E-state index in [1.807, 2.05) is 0 Å². The smallest absolute Gasteiger partial charge is 0.408 e. The number of alkyl carbamates (subject to hydrolysis) is 1. The van der Waals surface area contributed by atoms with Crippen molar-refractivity contribution in [2.45, 2.75) is 90.0 Å². The topological polar surface area (TPSA) is 137 Å². The predicted octanol–water partition coefficient (Wildman–Crippen LogP) is 4.18. The standard InChI is InChI=1S/C25H35ClN4O6/c1-5-6-7-8-9-18(28-23(33)36-25(2,3)4)22(32)30-14-16(13-19(30)21(27)31)34-24-29-17-11-10-15(26)12-20(17)35-24/h10-12,16,18-19H,5-9,13-14H2,1-4H3,(H2,27,31)(H,28,33)/t16-,18+,19+/m1/s1. The van der Waals surface area contributed by atoms with Crippen molar-refractivity contribution in [3.63, 3.8) is 0 Å². The van der Waals surface area contributed by atoms with E-state index in [4.69, 9.17) is 31.2 Å². The molecule has 1 aromatic heterocycles. The number of likely N-dealkylation sites (tertiary alicyclic amines) is 1. The molecule has 0 saturated carbocycles. The zero-order valence-corrected chi connectivity index (χ0v) is 22.0. The molecule has 198 valence electrons. The van der Waals surface area contributed by atoms with Gasteiger partial charge in [0, 0.05) is 17.5 Å². The minimum absolute atomic E-state index is 0.0118. The summed E-state index contributed by atoms with van der Waals surface area (Å²) < 4.78 is 16.8. The molecule has 1 aliphatic heterocycles. The summed E-state index contributed by atoms with van der Waals surface area (Å²) in [6.07, 6.45) is 3.05. The molecule has 1 fully saturated rings. The molecular weight excluding hydrogens is 488 g/mol. The first-order valence-electron chi connectivity index (χ1n) is 12.3. The summed E-state index contributed by atoms with van der Waals surface area (Å²) in [5.41, 5.74) is 5.94. The van der Waals surface area contributed by atoms with Gasteiger partial charge >= 0.3 is 12.2 Å². The third-order valence-corrected chi connectivity index (χ3v) is 6.04. The Hall–Kier alpha value is -3.01. The van der Waals surface area contributed by atoms with Crippen molar-refractivity contribution in [1.82, 2.24) is 15.2 Å². The summed E-state index contributed by atoms with van der Waals surface area (Å²) in [6.45, 7) is 7.42. The predicted molar refractivity (Wildman–Crippen MR) is 135 cm³/mol. The molecule has 3 N–H and O–H groups in total. The minimum Gasteiger partial charge on any atom is -0.445 e. The number of fused-ring (bicyclic) bond motifs is 1. The van der Waals surface area contributed by atoms with E-state index in [9.17, 15) is 14.4 Å². The monoisotopic (exact) mass is 522 g/mol. The Labute approximate surface area is 215 Å². The van der Waals surface area contributed by atoms with E-state index < -0.39 is 41.7 Å². The van der Waals surface area contributed by atoms with Crippen molar-refractivity contribution in [2.24, 2.45) is 5.73 Å². The van der Waals surface area contributed by atoms with Crippen LogP contribution in [0.4, 0.5) is 4.79 Å². The van der Waals surface area contributed by atoms with Crippen molar-refractivity contribution in [3.8, 4) is 6.08 Å². The van der Waals surface area contributed by atoms with E-state index in [2.05, 4.69) is 17.2 Å². The fourth-order valence-electron chi connectivity index (χ4n) is 4.15. The number of nitrogens with two attached hydrogens (primary N) is 1. The van der Waals surface area contributed by atoms with Gasteiger partial charge in [-0.25, -0.2) is 4.79 Å². The van der Waals surface area contributed by atoms with Gasteiger partial charge < -0.3 is 29.8 Å². The zero-order valence-electron chi connectivity index (χ0n) is 21.2. The normalized spacial score (nSPS) is 18.8. The molecule has 10 nitrogen and oxygen atoms in total. The average molecular weight is 523 g/mol. The molecule has 0 unspecified atom stereocenters. The summed E-state index contributed by atoms with van der Waals surface area (Å²) in [5.74, 6) is -1.06. The molecular formula is C25H35ClN4O6. The molecule has 0 spiro atoms. The average Bonchev–Trinajstić information content (AvgIpc) is 3.37. The van der Waals surface area contributed by atoms with Gasteiger partial charge in [0.25, 0.3) is 0 Å².